The van der Waals surface area contributed by atoms with Crippen LogP contribution in [0.2, 0.25) is 0 Å². The van der Waals surface area contributed by atoms with Gasteiger partial charge in [0.2, 0.25) is 11.9 Å². The molecule has 0 aliphatic rings. The first-order valence-corrected chi connectivity index (χ1v) is 8.89. The van der Waals surface area contributed by atoms with Crippen molar-refractivity contribution in [2.24, 2.45) is 5.41 Å². The molecule has 0 saturated heterocycles. The average molecular weight is 416 g/mol. The number of hydrogen-bond acceptors (Lipinski definition) is 7. The molecular weight excluding hydrogens is 390 g/mol. The van der Waals surface area contributed by atoms with Gasteiger partial charge in [0.05, 0.1) is 5.69 Å². The lowest BCUT2D eigenvalue weighted by Gasteiger charge is -2.17. The maximum atomic E-state index is 12.2. The van der Waals surface area contributed by atoms with Gasteiger partial charge in [-0.2, -0.15) is 0 Å². The molecule has 1 rings (SSSR count). The SMILES string of the molecule is COC(OC)/C(C)=C/COC(=O)C(Cl)c1cc(=O)[nH]c(NC(=O)C(C)(C)C)n1. The minimum atomic E-state index is -1.32. The summed E-state index contributed by atoms with van der Waals surface area (Å²) in [6, 6.07) is 1.07. The molecule has 156 valence electrons. The normalized spacial score (nSPS) is 13.4. The Morgan fingerprint density at radius 3 is 2.46 bits per heavy atom. The number of alkyl halides is 1. The molecule has 0 fully saturated rings. The molecule has 0 radical (unpaired) electrons. The fourth-order valence-corrected chi connectivity index (χ4v) is 2.15. The fraction of sp³-hybridized carbons (Fsp3) is 0.556. The number of methoxy groups -OCH3 is 2. The Labute approximate surface area is 168 Å². The van der Waals surface area contributed by atoms with Gasteiger partial charge in [-0.3, -0.25) is 24.7 Å². The second-order valence-electron chi connectivity index (χ2n) is 6.97. The van der Waals surface area contributed by atoms with E-state index in [9.17, 15) is 14.4 Å². The van der Waals surface area contributed by atoms with Gasteiger partial charge in [-0.15, -0.1) is 11.6 Å². The minimum Gasteiger partial charge on any atom is -0.460 e. The van der Waals surface area contributed by atoms with Gasteiger partial charge in [-0.1, -0.05) is 20.8 Å². The Morgan fingerprint density at radius 1 is 1.32 bits per heavy atom. The molecule has 0 aliphatic carbocycles. The Kier molecular flexibility index (Phi) is 8.80. The molecule has 1 aromatic rings. The summed E-state index contributed by atoms with van der Waals surface area (Å²) in [6.45, 7) is 6.82. The van der Waals surface area contributed by atoms with E-state index in [0.717, 1.165) is 6.07 Å². The molecule has 0 aromatic carbocycles. The van der Waals surface area contributed by atoms with E-state index < -0.39 is 28.6 Å². The smallest absolute Gasteiger partial charge is 0.330 e. The first kappa shape index (κ1) is 23.8. The zero-order valence-corrected chi connectivity index (χ0v) is 17.5. The molecule has 1 amide bonds. The molecule has 0 saturated carbocycles. The fourth-order valence-electron chi connectivity index (χ4n) is 1.97. The second-order valence-corrected chi connectivity index (χ2v) is 7.40. The van der Waals surface area contributed by atoms with Crippen LogP contribution < -0.4 is 10.9 Å². The highest BCUT2D eigenvalue weighted by Gasteiger charge is 2.25. The van der Waals surface area contributed by atoms with Crippen LogP contribution in [-0.2, 0) is 23.8 Å². The van der Waals surface area contributed by atoms with Crippen molar-refractivity contribution in [3.63, 3.8) is 0 Å². The highest BCUT2D eigenvalue weighted by Crippen LogP contribution is 2.21. The van der Waals surface area contributed by atoms with Gasteiger partial charge in [0.1, 0.15) is 6.61 Å². The zero-order valence-electron chi connectivity index (χ0n) is 16.8. The molecule has 10 heteroatoms. The summed E-state index contributed by atoms with van der Waals surface area (Å²) in [5.41, 5.74) is -0.579. The quantitative estimate of drug-likeness (QED) is 0.289. The predicted molar refractivity (Wildman–Crippen MR) is 104 cm³/mol. The Morgan fingerprint density at radius 2 is 1.93 bits per heavy atom. The molecular formula is C18H26ClN3O6. The number of carbonyl (C=O) groups is 2. The molecule has 1 aromatic heterocycles. The van der Waals surface area contributed by atoms with Gasteiger partial charge in [0.25, 0.3) is 5.56 Å². The van der Waals surface area contributed by atoms with E-state index in [1.807, 2.05) is 0 Å². The maximum absolute atomic E-state index is 12.2. The monoisotopic (exact) mass is 415 g/mol. The van der Waals surface area contributed by atoms with E-state index in [4.69, 9.17) is 25.8 Å². The first-order valence-electron chi connectivity index (χ1n) is 8.45. The van der Waals surface area contributed by atoms with Crippen LogP contribution in [0, 0.1) is 5.41 Å². The van der Waals surface area contributed by atoms with Crippen LogP contribution in [0.5, 0.6) is 0 Å². The molecule has 0 spiro atoms. The van der Waals surface area contributed by atoms with Crippen molar-refractivity contribution in [3.05, 3.63) is 33.8 Å². The van der Waals surface area contributed by atoms with Crippen LogP contribution >= 0.6 is 11.6 Å². The summed E-state index contributed by atoms with van der Waals surface area (Å²) in [4.78, 5) is 42.4. The van der Waals surface area contributed by atoms with Crippen LogP contribution in [0.3, 0.4) is 0 Å². The number of carbonyl (C=O) groups excluding carboxylic acids is 2. The Bertz CT molecular complexity index is 780. The first-order chi connectivity index (χ1) is 13.0. The van der Waals surface area contributed by atoms with Gasteiger partial charge in [0.15, 0.2) is 11.7 Å². The topological polar surface area (TPSA) is 120 Å². The van der Waals surface area contributed by atoms with E-state index in [2.05, 4.69) is 15.3 Å². The Balaban J connectivity index is 2.84. The van der Waals surface area contributed by atoms with Crippen LogP contribution in [0.4, 0.5) is 5.95 Å². The lowest BCUT2D eigenvalue weighted by Crippen LogP contribution is -2.30. The van der Waals surface area contributed by atoms with E-state index in [1.54, 1.807) is 33.8 Å². The zero-order chi connectivity index (χ0) is 21.5. The number of esters is 1. The lowest BCUT2D eigenvalue weighted by atomic mass is 9.96. The standard InChI is InChI=1S/C18H26ClN3O6/c1-10(15(26-5)27-6)7-8-28-14(24)13(19)11-9-12(23)21-17(20-11)22-16(25)18(2,3)4/h7,9,13,15H,8H2,1-6H3,(H2,20,21,22,23,25)/b10-7+. The molecule has 9 nitrogen and oxygen atoms in total. The van der Waals surface area contributed by atoms with Crippen LogP contribution in [0.1, 0.15) is 38.8 Å². The number of aromatic amines is 1. The number of rotatable bonds is 8. The van der Waals surface area contributed by atoms with Crippen molar-refractivity contribution in [2.75, 3.05) is 26.1 Å². The van der Waals surface area contributed by atoms with E-state index in [-0.39, 0.29) is 24.2 Å². The van der Waals surface area contributed by atoms with Gasteiger partial charge >= 0.3 is 5.97 Å². The highest BCUT2D eigenvalue weighted by atomic mass is 35.5. The van der Waals surface area contributed by atoms with Gasteiger partial charge in [0, 0.05) is 25.7 Å². The van der Waals surface area contributed by atoms with Crippen molar-refractivity contribution < 1.29 is 23.8 Å². The number of aromatic nitrogens is 2. The van der Waals surface area contributed by atoms with Crippen molar-refractivity contribution in [3.8, 4) is 0 Å². The molecule has 2 N–H and O–H groups in total. The van der Waals surface area contributed by atoms with Crippen molar-refractivity contribution in [2.45, 2.75) is 39.4 Å². The van der Waals surface area contributed by atoms with Crippen LogP contribution in [0.25, 0.3) is 0 Å². The van der Waals surface area contributed by atoms with Crippen molar-refractivity contribution in [1.82, 2.24) is 9.97 Å². The number of H-pyrrole nitrogens is 1. The van der Waals surface area contributed by atoms with Crippen molar-refractivity contribution >= 4 is 29.4 Å². The third kappa shape index (κ3) is 7.06. The van der Waals surface area contributed by atoms with Gasteiger partial charge in [-0.25, -0.2) is 4.98 Å². The number of hydrogen-bond donors (Lipinski definition) is 2. The summed E-state index contributed by atoms with van der Waals surface area (Å²) in [5.74, 6) is -1.24. The average Bonchev–Trinajstić information content (AvgIpc) is 2.60. The number of nitrogens with one attached hydrogen (secondary N) is 2. The Hall–Kier alpha value is -2.23. The summed E-state index contributed by atoms with van der Waals surface area (Å²) in [6.07, 6.45) is 1.06. The van der Waals surface area contributed by atoms with Gasteiger partial charge in [-0.05, 0) is 18.6 Å². The van der Waals surface area contributed by atoms with E-state index in [0.29, 0.717) is 5.57 Å². The predicted octanol–water partition coefficient (Wildman–Crippen LogP) is 2.14. The molecule has 1 unspecified atom stereocenters. The summed E-state index contributed by atoms with van der Waals surface area (Å²) in [7, 11) is 2.97. The highest BCUT2D eigenvalue weighted by molar-refractivity contribution is 6.29. The number of amides is 1. The summed E-state index contributed by atoms with van der Waals surface area (Å²) in [5, 5.41) is 1.17. The second kappa shape index (κ2) is 10.4. The third-order valence-electron chi connectivity index (χ3n) is 3.57. The van der Waals surface area contributed by atoms with E-state index >= 15 is 0 Å². The molecule has 0 bridgehead atoms. The van der Waals surface area contributed by atoms with Crippen molar-refractivity contribution in [1.29, 1.82) is 0 Å². The molecule has 1 heterocycles. The number of halogens is 1. The summed E-state index contributed by atoms with van der Waals surface area (Å²) >= 11 is 6.09. The summed E-state index contributed by atoms with van der Waals surface area (Å²) < 4.78 is 15.2. The maximum Gasteiger partial charge on any atom is 0.330 e. The lowest BCUT2D eigenvalue weighted by molar-refractivity contribution is -0.142. The molecule has 1 atom stereocenters. The minimum absolute atomic E-state index is 0.0352. The largest absolute Gasteiger partial charge is 0.460 e. The third-order valence-corrected chi connectivity index (χ3v) is 3.97. The number of nitrogens with zero attached hydrogens (tertiary/aromatic N) is 1. The molecule has 0 aliphatic heterocycles. The van der Waals surface area contributed by atoms with E-state index in [1.165, 1.54) is 14.2 Å². The number of ether oxygens (including phenoxy) is 3. The van der Waals surface area contributed by atoms with Gasteiger partial charge < -0.3 is 14.2 Å². The molecule has 28 heavy (non-hydrogen) atoms. The van der Waals surface area contributed by atoms with Crippen LogP contribution in [-0.4, -0.2) is 49.0 Å². The number of anilines is 1. The van der Waals surface area contributed by atoms with Crippen LogP contribution in [0.15, 0.2) is 22.5 Å².